The quantitative estimate of drug-likeness (QED) is 0.463. The predicted molar refractivity (Wildman–Crippen MR) is 28.0 cm³/mol. The minimum absolute atomic E-state index is 0.343. The van der Waals surface area contributed by atoms with Crippen LogP contribution in [0.1, 0.15) is 0 Å². The second-order valence-electron chi connectivity index (χ2n) is 0.632. The first-order chi connectivity index (χ1) is 2.41. The molecule has 0 aliphatic rings. The van der Waals surface area contributed by atoms with Crippen LogP contribution < -0.4 is 0 Å². The van der Waals surface area contributed by atoms with Crippen LogP contribution in [0.3, 0.4) is 0 Å². The van der Waals surface area contributed by atoms with Crippen LogP contribution in [0.2, 0.25) is 4.37 Å². The number of aliphatic hydroxyl groups is 1. The van der Waals surface area contributed by atoms with E-state index in [1.165, 1.54) is 0 Å². The molecule has 1 nitrogen and oxygen atoms in total. The van der Waals surface area contributed by atoms with E-state index in [-0.39, 0.29) is 20.2 Å². The van der Waals surface area contributed by atoms with Crippen LogP contribution in [-0.4, -0.2) is 31.9 Å². The van der Waals surface area contributed by atoms with Gasteiger partial charge in [-0.1, -0.05) is 0 Å². The molecular weight excluding hydrogens is 194 g/mol. The van der Waals surface area contributed by atoms with Crippen LogP contribution in [0.25, 0.3) is 0 Å². The molecule has 0 heterocycles. The van der Waals surface area contributed by atoms with Gasteiger partial charge >= 0.3 is 46.0 Å². The fourth-order valence-electron chi connectivity index (χ4n) is 0.0500. The molecule has 32 valence electrons. The zero-order valence-corrected chi connectivity index (χ0v) is 6.56. The van der Waals surface area contributed by atoms with Gasteiger partial charge in [-0.05, 0) is 0 Å². The number of hydrogen-bond acceptors (Lipinski definition) is 2. The summed E-state index contributed by atoms with van der Waals surface area (Å²) in [6.45, 7) is 0.343. The zero-order valence-electron chi connectivity index (χ0n) is 2.81. The normalized spacial score (nSPS) is 8.40. The average Bonchev–Trinajstić information content (AvgIpc) is 1.41. The Morgan fingerprint density at radius 3 is 2.40 bits per heavy atom. The van der Waals surface area contributed by atoms with Crippen LogP contribution in [0.4, 0.5) is 0 Å². The predicted octanol–water partition coefficient (Wildman–Crippen LogP) is -0.322. The second-order valence-corrected chi connectivity index (χ2v) is 5.08. The molecule has 0 saturated heterocycles. The number of thiol groups is 1. The van der Waals surface area contributed by atoms with Gasteiger partial charge in [0.05, 0.1) is 0 Å². The molecule has 1 N–H and O–H groups in total. The van der Waals surface area contributed by atoms with Crippen molar-refractivity contribution in [1.82, 2.24) is 0 Å². The summed E-state index contributed by atoms with van der Waals surface area (Å²) in [6.07, 6.45) is 0. The van der Waals surface area contributed by atoms with Gasteiger partial charge in [-0.25, -0.2) is 0 Å². The van der Waals surface area contributed by atoms with Crippen molar-refractivity contribution in [2.24, 2.45) is 0 Å². The number of rotatable bonds is 2. The molecule has 0 unspecified atom stereocenters. The second kappa shape index (κ2) is 5.13. The van der Waals surface area contributed by atoms with Gasteiger partial charge in [0.1, 0.15) is 0 Å². The molecular formula is C2H7OSSb. The summed E-state index contributed by atoms with van der Waals surface area (Å²) in [5, 5.41) is 8.06. The molecule has 0 aromatic rings. The molecule has 0 aromatic heterocycles. The molecule has 0 aromatic carbocycles. The molecule has 0 radical (unpaired) electrons. The van der Waals surface area contributed by atoms with E-state index in [1.807, 2.05) is 0 Å². The molecule has 0 bridgehead atoms. The third-order valence-corrected chi connectivity index (χ3v) is 3.00. The van der Waals surface area contributed by atoms with Gasteiger partial charge in [0.2, 0.25) is 0 Å². The first-order valence-electron chi connectivity index (χ1n) is 1.39. The summed E-state index contributed by atoms with van der Waals surface area (Å²) in [5.41, 5.74) is 0. The molecule has 0 fully saturated rings. The van der Waals surface area contributed by atoms with Crippen molar-refractivity contribution in [3.8, 4) is 0 Å². The van der Waals surface area contributed by atoms with Crippen molar-refractivity contribution in [1.29, 1.82) is 0 Å². The SMILES string of the molecule is OC[CH2][SbH][SH]. The van der Waals surface area contributed by atoms with Crippen LogP contribution >= 0.6 is 9.72 Å². The fourth-order valence-corrected chi connectivity index (χ4v) is 1.01. The van der Waals surface area contributed by atoms with Gasteiger partial charge in [-0.2, -0.15) is 0 Å². The van der Waals surface area contributed by atoms with E-state index in [0.717, 1.165) is 4.37 Å². The Balaban J connectivity index is 2.19. The van der Waals surface area contributed by atoms with Gasteiger partial charge in [0.15, 0.2) is 0 Å². The Morgan fingerprint density at radius 1 is 1.80 bits per heavy atom. The van der Waals surface area contributed by atoms with Crippen LogP contribution in [-0.2, 0) is 0 Å². The Kier molecular flexibility index (Phi) is 6.29. The van der Waals surface area contributed by atoms with Gasteiger partial charge in [-0.3, -0.25) is 0 Å². The molecule has 0 aliphatic heterocycles. The van der Waals surface area contributed by atoms with E-state index >= 15 is 0 Å². The molecule has 0 aliphatic carbocycles. The Morgan fingerprint density at radius 2 is 2.40 bits per heavy atom. The van der Waals surface area contributed by atoms with E-state index in [2.05, 4.69) is 9.72 Å². The van der Waals surface area contributed by atoms with Crippen molar-refractivity contribution in [2.45, 2.75) is 4.37 Å². The molecule has 0 saturated carbocycles. The summed E-state index contributed by atoms with van der Waals surface area (Å²) in [7, 11) is 4.01. The van der Waals surface area contributed by atoms with Crippen molar-refractivity contribution in [3.05, 3.63) is 0 Å². The topological polar surface area (TPSA) is 20.2 Å². The van der Waals surface area contributed by atoms with Gasteiger partial charge in [-0.15, -0.1) is 0 Å². The summed E-state index contributed by atoms with van der Waals surface area (Å²) in [6, 6.07) is 0. The first kappa shape index (κ1) is 6.13. The van der Waals surface area contributed by atoms with E-state index in [9.17, 15) is 0 Å². The van der Waals surface area contributed by atoms with Crippen molar-refractivity contribution in [2.75, 3.05) is 6.61 Å². The van der Waals surface area contributed by atoms with Gasteiger partial charge < -0.3 is 0 Å². The number of hydrogen-bond donors (Lipinski definition) is 2. The third-order valence-electron chi connectivity index (χ3n) is 0.224. The first-order valence-corrected chi connectivity index (χ1v) is 7.69. The van der Waals surface area contributed by atoms with E-state index in [1.54, 1.807) is 0 Å². The zero-order chi connectivity index (χ0) is 4.12. The van der Waals surface area contributed by atoms with Gasteiger partial charge in [0, 0.05) is 0 Å². The molecule has 5 heavy (non-hydrogen) atoms. The maximum absolute atomic E-state index is 8.06. The van der Waals surface area contributed by atoms with E-state index in [0.29, 0.717) is 6.61 Å². The van der Waals surface area contributed by atoms with Gasteiger partial charge in [0.25, 0.3) is 0 Å². The third kappa shape index (κ3) is 5.13. The van der Waals surface area contributed by atoms with E-state index in [4.69, 9.17) is 5.11 Å². The summed E-state index contributed by atoms with van der Waals surface area (Å²) in [4.78, 5) is 0. The van der Waals surface area contributed by atoms with Crippen LogP contribution in [0.5, 0.6) is 0 Å². The molecule has 0 amide bonds. The standard InChI is InChI=1S/C2H5O.H2S.Sb.H/c1-2-3;;;/h3H,1-2H2;1H2;;/q;;+1;/p-1. The Hall–Kier alpha value is 1.13. The summed E-state index contributed by atoms with van der Waals surface area (Å²) < 4.78 is 0.979. The summed E-state index contributed by atoms with van der Waals surface area (Å²) in [5.74, 6) is 0. The van der Waals surface area contributed by atoms with Crippen molar-refractivity contribution >= 4 is 29.9 Å². The number of aliphatic hydroxyl groups excluding tert-OH is 1. The maximum atomic E-state index is 8.06. The van der Waals surface area contributed by atoms with Crippen molar-refractivity contribution < 1.29 is 5.11 Å². The summed E-state index contributed by atoms with van der Waals surface area (Å²) >= 11 is -0.350. The fraction of sp³-hybridized carbons (Fsp3) is 1.00. The molecule has 0 rings (SSSR count). The van der Waals surface area contributed by atoms with Crippen LogP contribution in [0.15, 0.2) is 0 Å². The van der Waals surface area contributed by atoms with Crippen LogP contribution in [0, 0.1) is 0 Å². The Labute approximate surface area is 46.1 Å². The molecule has 0 spiro atoms. The monoisotopic (exact) mass is 200 g/mol. The van der Waals surface area contributed by atoms with Crippen molar-refractivity contribution in [3.63, 3.8) is 0 Å². The minimum atomic E-state index is -0.350. The average molecular weight is 201 g/mol. The molecule has 3 heteroatoms. The Bertz CT molecular complexity index is 17.1. The van der Waals surface area contributed by atoms with E-state index < -0.39 is 0 Å². The molecule has 0 atom stereocenters.